The van der Waals surface area contributed by atoms with E-state index in [9.17, 15) is 9.90 Å². The number of aliphatic carboxylic acids is 1. The normalized spacial score (nSPS) is 14.9. The molecule has 9 nitrogen and oxygen atoms in total. The minimum Gasteiger partial charge on any atom is -0.481 e. The van der Waals surface area contributed by atoms with E-state index in [-0.39, 0.29) is 11.9 Å². The number of hydrogen-bond donors (Lipinski definition) is 4. The summed E-state index contributed by atoms with van der Waals surface area (Å²) < 4.78 is 2.20. The van der Waals surface area contributed by atoms with E-state index in [1.165, 1.54) is 0 Å². The number of amidine groups is 2. The van der Waals surface area contributed by atoms with Crippen molar-refractivity contribution in [3.8, 4) is 0 Å². The van der Waals surface area contributed by atoms with E-state index in [4.69, 9.17) is 21.5 Å². The number of hydrogen-bond acceptors (Lipinski definition) is 5. The third-order valence-corrected chi connectivity index (χ3v) is 8.08. The minimum atomic E-state index is -0.802. The molecule has 0 amide bonds. The Kier molecular flexibility index (Phi) is 7.47. The summed E-state index contributed by atoms with van der Waals surface area (Å²) in [5.74, 6) is 0.226. The maximum absolute atomic E-state index is 11.8. The lowest BCUT2D eigenvalue weighted by atomic mass is 10.00. The SMILES string of the molecule is CC(=N)N1CCC(N(CC(C)C(=O)O)c2ccc3nc(C)n(Cc4ccc5ccc(C(=N)N)cc5c4)c3c2)CC1. The number of benzene rings is 3. The molecule has 1 unspecified atom stereocenters. The summed E-state index contributed by atoms with van der Waals surface area (Å²) in [6.45, 7) is 8.24. The smallest absolute Gasteiger partial charge is 0.308 e. The lowest BCUT2D eigenvalue weighted by Gasteiger charge is -2.41. The molecule has 0 bridgehead atoms. The van der Waals surface area contributed by atoms with Crippen molar-refractivity contribution in [1.82, 2.24) is 14.5 Å². The molecule has 4 aromatic rings. The van der Waals surface area contributed by atoms with Crippen molar-refractivity contribution in [2.75, 3.05) is 24.5 Å². The number of nitrogens with zero attached hydrogens (tertiary/aromatic N) is 4. The highest BCUT2D eigenvalue weighted by Gasteiger charge is 2.28. The zero-order chi connectivity index (χ0) is 28.6. The predicted molar refractivity (Wildman–Crippen MR) is 161 cm³/mol. The van der Waals surface area contributed by atoms with Crippen molar-refractivity contribution in [3.05, 3.63) is 71.5 Å². The molecule has 0 saturated carbocycles. The first-order chi connectivity index (χ1) is 19.1. The van der Waals surface area contributed by atoms with Crippen LogP contribution in [0.15, 0.2) is 54.6 Å². The van der Waals surface area contributed by atoms with Gasteiger partial charge in [-0.15, -0.1) is 0 Å². The molecule has 1 fully saturated rings. The zero-order valence-electron chi connectivity index (χ0n) is 23.3. The Hall–Kier alpha value is -4.40. The molecule has 2 heterocycles. The summed E-state index contributed by atoms with van der Waals surface area (Å²) in [5, 5.41) is 27.6. The van der Waals surface area contributed by atoms with Gasteiger partial charge in [-0.1, -0.05) is 31.2 Å². The highest BCUT2D eigenvalue weighted by atomic mass is 16.4. The number of carboxylic acid groups (broad SMARTS) is 1. The monoisotopic (exact) mass is 539 g/mol. The van der Waals surface area contributed by atoms with Crippen LogP contribution in [0.25, 0.3) is 21.8 Å². The number of nitrogen functional groups attached to an aromatic ring is 1. The van der Waals surface area contributed by atoms with Crippen molar-refractivity contribution < 1.29 is 9.90 Å². The first-order valence-corrected chi connectivity index (χ1v) is 13.7. The molecule has 1 aromatic heterocycles. The average Bonchev–Trinajstić information content (AvgIpc) is 3.24. The first-order valence-electron chi connectivity index (χ1n) is 13.7. The van der Waals surface area contributed by atoms with Crippen LogP contribution in [-0.4, -0.2) is 62.9 Å². The van der Waals surface area contributed by atoms with Crippen LogP contribution in [0, 0.1) is 23.7 Å². The van der Waals surface area contributed by atoms with Gasteiger partial charge in [0, 0.05) is 43.5 Å². The van der Waals surface area contributed by atoms with Crippen molar-refractivity contribution in [1.29, 1.82) is 10.8 Å². The molecule has 0 spiro atoms. The average molecular weight is 540 g/mol. The Bertz CT molecular complexity index is 1600. The van der Waals surface area contributed by atoms with Gasteiger partial charge in [0.1, 0.15) is 11.7 Å². The van der Waals surface area contributed by atoms with Gasteiger partial charge in [-0.25, -0.2) is 4.98 Å². The number of piperidine rings is 1. The van der Waals surface area contributed by atoms with E-state index in [1.807, 2.05) is 38.1 Å². The van der Waals surface area contributed by atoms with E-state index in [1.54, 1.807) is 6.92 Å². The van der Waals surface area contributed by atoms with Gasteiger partial charge in [-0.2, -0.15) is 0 Å². The molecule has 1 saturated heterocycles. The van der Waals surface area contributed by atoms with Gasteiger partial charge in [-0.3, -0.25) is 15.6 Å². The number of likely N-dealkylation sites (tertiary alicyclic amines) is 1. The summed E-state index contributed by atoms with van der Waals surface area (Å²) in [5.41, 5.74) is 10.4. The quantitative estimate of drug-likeness (QED) is 0.187. The maximum atomic E-state index is 11.8. The fourth-order valence-corrected chi connectivity index (χ4v) is 5.71. The minimum absolute atomic E-state index is 0.0525. The number of nitrogens with one attached hydrogen (secondary N) is 2. The molecule has 0 radical (unpaired) electrons. The number of fused-ring (bicyclic) bond motifs is 2. The molecular formula is C31H37N7O2. The van der Waals surface area contributed by atoms with E-state index in [0.717, 1.165) is 64.8 Å². The van der Waals surface area contributed by atoms with Crippen LogP contribution in [0.2, 0.25) is 0 Å². The number of imidazole rings is 1. The molecule has 208 valence electrons. The highest BCUT2D eigenvalue weighted by Crippen LogP contribution is 2.30. The summed E-state index contributed by atoms with van der Waals surface area (Å²) in [4.78, 5) is 21.0. The highest BCUT2D eigenvalue weighted by molar-refractivity contribution is 5.99. The van der Waals surface area contributed by atoms with Crippen LogP contribution >= 0.6 is 0 Å². The van der Waals surface area contributed by atoms with Gasteiger partial charge >= 0.3 is 5.97 Å². The molecule has 0 aliphatic carbocycles. The van der Waals surface area contributed by atoms with E-state index < -0.39 is 11.9 Å². The van der Waals surface area contributed by atoms with Gasteiger partial charge in [-0.05, 0) is 73.4 Å². The molecule has 5 N–H and O–H groups in total. The fraction of sp³-hybridized carbons (Fsp3) is 0.355. The third kappa shape index (κ3) is 5.50. The van der Waals surface area contributed by atoms with Crippen LogP contribution in [-0.2, 0) is 11.3 Å². The second-order valence-corrected chi connectivity index (χ2v) is 10.9. The molecule has 1 aliphatic heterocycles. The van der Waals surface area contributed by atoms with Crippen LogP contribution in [0.1, 0.15) is 43.6 Å². The van der Waals surface area contributed by atoms with Crippen LogP contribution < -0.4 is 10.6 Å². The van der Waals surface area contributed by atoms with Crippen LogP contribution in [0.4, 0.5) is 5.69 Å². The van der Waals surface area contributed by atoms with Crippen molar-refractivity contribution in [2.45, 2.75) is 46.2 Å². The molecule has 1 atom stereocenters. The fourth-order valence-electron chi connectivity index (χ4n) is 5.71. The summed E-state index contributed by atoms with van der Waals surface area (Å²) in [6, 6.07) is 18.6. The largest absolute Gasteiger partial charge is 0.481 e. The van der Waals surface area contributed by atoms with E-state index >= 15 is 0 Å². The predicted octanol–water partition coefficient (Wildman–Crippen LogP) is 4.82. The molecule has 3 aromatic carbocycles. The number of aryl methyl sites for hydroxylation is 1. The van der Waals surface area contributed by atoms with Crippen molar-refractivity contribution >= 4 is 45.1 Å². The van der Waals surface area contributed by atoms with Gasteiger partial charge in [0.15, 0.2) is 0 Å². The Morgan fingerprint density at radius 1 is 1.10 bits per heavy atom. The Morgan fingerprint density at radius 3 is 2.50 bits per heavy atom. The van der Waals surface area contributed by atoms with Gasteiger partial charge in [0.05, 0.1) is 22.8 Å². The standard InChI is InChI=1S/C31H37N7O2/c1-19(31(39)40)17-38(26-10-12-36(13-11-26)20(2)32)27-8-9-28-29(16-27)37(21(3)35-28)18-22-4-5-23-6-7-24(30(33)34)15-25(23)14-22/h4-9,14-16,19,26,32H,10-13,17-18H2,1-3H3,(H3,33,34)(H,39,40). The summed E-state index contributed by atoms with van der Waals surface area (Å²) in [7, 11) is 0. The Balaban J connectivity index is 1.49. The van der Waals surface area contributed by atoms with Gasteiger partial charge < -0.3 is 25.2 Å². The number of rotatable bonds is 8. The molecule has 40 heavy (non-hydrogen) atoms. The number of nitrogens with two attached hydrogens (primary N) is 1. The second kappa shape index (κ2) is 11.0. The van der Waals surface area contributed by atoms with Gasteiger partial charge in [0.2, 0.25) is 0 Å². The molecule has 9 heteroatoms. The van der Waals surface area contributed by atoms with Crippen LogP contribution in [0.3, 0.4) is 0 Å². The van der Waals surface area contributed by atoms with Crippen molar-refractivity contribution in [3.63, 3.8) is 0 Å². The zero-order valence-corrected chi connectivity index (χ0v) is 23.3. The topological polar surface area (TPSA) is 135 Å². The first kappa shape index (κ1) is 27.2. The molecule has 5 rings (SSSR count). The maximum Gasteiger partial charge on any atom is 0.308 e. The lowest BCUT2D eigenvalue weighted by Crippen LogP contribution is -2.48. The molecular weight excluding hydrogens is 502 g/mol. The number of carboxylic acids is 1. The van der Waals surface area contributed by atoms with Gasteiger partial charge in [0.25, 0.3) is 0 Å². The number of anilines is 1. The Labute approximate surface area is 234 Å². The van der Waals surface area contributed by atoms with Crippen LogP contribution in [0.5, 0.6) is 0 Å². The number of aromatic nitrogens is 2. The Morgan fingerprint density at radius 2 is 1.82 bits per heavy atom. The molecule has 1 aliphatic rings. The lowest BCUT2D eigenvalue weighted by molar-refractivity contribution is -0.140. The third-order valence-electron chi connectivity index (χ3n) is 8.08. The van der Waals surface area contributed by atoms with Crippen molar-refractivity contribution in [2.24, 2.45) is 11.7 Å². The second-order valence-electron chi connectivity index (χ2n) is 10.9. The number of carbonyl (C=O) groups is 1. The summed E-state index contributed by atoms with van der Waals surface area (Å²) >= 11 is 0. The summed E-state index contributed by atoms with van der Waals surface area (Å²) in [6.07, 6.45) is 1.75. The van der Waals surface area contributed by atoms with E-state index in [2.05, 4.69) is 44.7 Å². The van der Waals surface area contributed by atoms with E-state index in [0.29, 0.717) is 24.5 Å².